The van der Waals surface area contributed by atoms with Crippen LogP contribution in [0.1, 0.15) is 37.3 Å². The summed E-state index contributed by atoms with van der Waals surface area (Å²) in [6.45, 7) is 4.47. The zero-order valence-electron chi connectivity index (χ0n) is 16.1. The third kappa shape index (κ3) is 4.54. The van der Waals surface area contributed by atoms with Crippen molar-refractivity contribution < 1.29 is 18.7 Å². The van der Waals surface area contributed by atoms with Crippen molar-refractivity contribution in [1.29, 1.82) is 0 Å². The minimum Gasteiger partial charge on any atom is -0.485 e. The summed E-state index contributed by atoms with van der Waals surface area (Å²) < 4.78 is 17.2. The molecule has 7 nitrogen and oxygen atoms in total. The second-order valence-electron chi connectivity index (χ2n) is 6.85. The lowest BCUT2D eigenvalue weighted by atomic mass is 10.0. The highest BCUT2D eigenvalue weighted by molar-refractivity contribution is 7.99. The van der Waals surface area contributed by atoms with Crippen LogP contribution < -0.4 is 14.8 Å². The number of carbonyl (C=O) groups excluding carboxylic acids is 1. The number of hydrogen-bond donors (Lipinski definition) is 1. The summed E-state index contributed by atoms with van der Waals surface area (Å²) in [6, 6.07) is 15.2. The molecule has 0 unspecified atom stereocenters. The average Bonchev–Trinajstić information content (AvgIpc) is 3.21. The topological polar surface area (TPSA) is 86.5 Å². The van der Waals surface area contributed by atoms with Crippen LogP contribution in [-0.2, 0) is 4.79 Å². The summed E-state index contributed by atoms with van der Waals surface area (Å²) >= 11 is 1.18. The Balaban J connectivity index is 1.34. The number of para-hydroxylation sites is 3. The smallest absolute Gasteiger partial charge is 0.277 e. The van der Waals surface area contributed by atoms with Gasteiger partial charge in [0, 0.05) is 5.69 Å². The molecule has 0 saturated carbocycles. The Labute approximate surface area is 172 Å². The van der Waals surface area contributed by atoms with E-state index in [1.54, 1.807) is 0 Å². The Hall–Kier alpha value is -3.00. The first kappa shape index (κ1) is 19.3. The Kier molecular flexibility index (Phi) is 5.71. The summed E-state index contributed by atoms with van der Waals surface area (Å²) in [7, 11) is 0. The minimum absolute atomic E-state index is 0.131. The molecule has 3 aromatic rings. The molecule has 8 heteroatoms. The van der Waals surface area contributed by atoms with E-state index in [1.165, 1.54) is 11.8 Å². The van der Waals surface area contributed by atoms with Gasteiger partial charge < -0.3 is 19.2 Å². The number of amides is 1. The molecule has 0 spiro atoms. The molecule has 2 heterocycles. The van der Waals surface area contributed by atoms with Crippen molar-refractivity contribution in [2.24, 2.45) is 0 Å². The highest BCUT2D eigenvalue weighted by Crippen LogP contribution is 2.36. The quantitative estimate of drug-likeness (QED) is 0.600. The fraction of sp³-hybridized carbons (Fsp3) is 0.286. The predicted octanol–water partition coefficient (Wildman–Crippen LogP) is 4.44. The maximum Gasteiger partial charge on any atom is 0.277 e. The van der Waals surface area contributed by atoms with Crippen molar-refractivity contribution in [3.8, 4) is 11.5 Å². The van der Waals surface area contributed by atoms with Gasteiger partial charge in [-0.25, -0.2) is 0 Å². The Morgan fingerprint density at radius 1 is 1.14 bits per heavy atom. The lowest BCUT2D eigenvalue weighted by Gasteiger charge is -2.23. The standard InChI is InChI=1S/C21H21N3O4S/c1-13(2)14-7-3-4-8-15(14)22-19(25)12-29-21-24-23-20(28-21)18-11-26-16-9-5-6-10-17(16)27-18/h3-10,13,18H,11-12H2,1-2H3,(H,22,25)/t18-/m1/s1. The molecule has 1 aromatic heterocycles. The van der Waals surface area contributed by atoms with Crippen LogP contribution in [0.2, 0.25) is 0 Å². The van der Waals surface area contributed by atoms with Gasteiger partial charge in [0.1, 0.15) is 6.61 Å². The second kappa shape index (κ2) is 8.57. The van der Waals surface area contributed by atoms with Crippen LogP contribution in [0.5, 0.6) is 11.5 Å². The lowest BCUT2D eigenvalue weighted by Crippen LogP contribution is -2.21. The van der Waals surface area contributed by atoms with Gasteiger partial charge in [-0.15, -0.1) is 10.2 Å². The summed E-state index contributed by atoms with van der Waals surface area (Å²) in [5.41, 5.74) is 1.92. The number of thioether (sulfide) groups is 1. The van der Waals surface area contributed by atoms with E-state index in [4.69, 9.17) is 13.9 Å². The predicted molar refractivity (Wildman–Crippen MR) is 109 cm³/mol. The monoisotopic (exact) mass is 411 g/mol. The number of ether oxygens (including phenoxy) is 2. The van der Waals surface area contributed by atoms with E-state index in [2.05, 4.69) is 29.4 Å². The number of nitrogens with zero attached hydrogens (tertiary/aromatic N) is 2. The van der Waals surface area contributed by atoms with E-state index in [-0.39, 0.29) is 18.3 Å². The molecular weight excluding hydrogens is 390 g/mol. The first-order valence-corrected chi connectivity index (χ1v) is 10.3. The van der Waals surface area contributed by atoms with Gasteiger partial charge in [0.2, 0.25) is 12.0 Å². The number of nitrogens with one attached hydrogen (secondary N) is 1. The van der Waals surface area contributed by atoms with Gasteiger partial charge in [0.15, 0.2) is 11.5 Å². The van der Waals surface area contributed by atoms with E-state index in [0.29, 0.717) is 28.5 Å². The first-order chi connectivity index (χ1) is 14.1. The van der Waals surface area contributed by atoms with Crippen LogP contribution in [0.4, 0.5) is 5.69 Å². The third-order valence-electron chi connectivity index (χ3n) is 4.39. The molecule has 0 bridgehead atoms. The summed E-state index contributed by atoms with van der Waals surface area (Å²) in [5.74, 6) is 2.01. The van der Waals surface area contributed by atoms with Crippen molar-refractivity contribution in [3.63, 3.8) is 0 Å². The first-order valence-electron chi connectivity index (χ1n) is 9.33. The molecule has 1 atom stereocenters. The fourth-order valence-corrected chi connectivity index (χ4v) is 3.55. The largest absolute Gasteiger partial charge is 0.485 e. The Bertz CT molecular complexity index is 1000. The van der Waals surface area contributed by atoms with Gasteiger partial charge in [-0.2, -0.15) is 0 Å². The van der Waals surface area contributed by atoms with Crippen LogP contribution in [0.15, 0.2) is 58.2 Å². The highest BCUT2D eigenvalue weighted by atomic mass is 32.2. The van der Waals surface area contributed by atoms with Crippen molar-refractivity contribution >= 4 is 23.4 Å². The molecular formula is C21H21N3O4S. The van der Waals surface area contributed by atoms with Crippen LogP contribution >= 0.6 is 11.8 Å². The Morgan fingerprint density at radius 2 is 1.90 bits per heavy atom. The molecule has 29 heavy (non-hydrogen) atoms. The van der Waals surface area contributed by atoms with Gasteiger partial charge in [-0.3, -0.25) is 4.79 Å². The number of carbonyl (C=O) groups is 1. The number of anilines is 1. The highest BCUT2D eigenvalue weighted by Gasteiger charge is 2.27. The van der Waals surface area contributed by atoms with Crippen LogP contribution in [-0.4, -0.2) is 28.5 Å². The number of fused-ring (bicyclic) bond motifs is 1. The van der Waals surface area contributed by atoms with Gasteiger partial charge in [0.05, 0.1) is 5.75 Å². The summed E-state index contributed by atoms with van der Waals surface area (Å²) in [6.07, 6.45) is -0.474. The minimum atomic E-state index is -0.474. The summed E-state index contributed by atoms with van der Waals surface area (Å²) in [5, 5.41) is 11.3. The normalized spacial score (nSPS) is 15.3. The van der Waals surface area contributed by atoms with Crippen molar-refractivity contribution in [1.82, 2.24) is 10.2 Å². The molecule has 1 aliphatic heterocycles. The van der Waals surface area contributed by atoms with Crippen molar-refractivity contribution in [3.05, 3.63) is 60.0 Å². The van der Waals surface area contributed by atoms with Gasteiger partial charge >= 0.3 is 0 Å². The maximum absolute atomic E-state index is 12.3. The number of hydrogen-bond acceptors (Lipinski definition) is 7. The maximum atomic E-state index is 12.3. The fourth-order valence-electron chi connectivity index (χ4n) is 2.98. The average molecular weight is 411 g/mol. The number of aromatic nitrogens is 2. The van der Waals surface area contributed by atoms with Crippen LogP contribution in [0.3, 0.4) is 0 Å². The Morgan fingerprint density at radius 3 is 2.72 bits per heavy atom. The molecule has 4 rings (SSSR count). The van der Waals surface area contributed by atoms with E-state index in [0.717, 1.165) is 11.3 Å². The molecule has 1 aliphatic rings. The molecule has 150 valence electrons. The third-order valence-corrected chi connectivity index (χ3v) is 5.21. The van der Waals surface area contributed by atoms with E-state index < -0.39 is 6.10 Å². The molecule has 1 amide bonds. The summed E-state index contributed by atoms with van der Waals surface area (Å²) in [4.78, 5) is 12.3. The van der Waals surface area contributed by atoms with Crippen molar-refractivity contribution in [2.45, 2.75) is 31.1 Å². The molecule has 0 fully saturated rings. The van der Waals surface area contributed by atoms with E-state index in [9.17, 15) is 4.79 Å². The van der Waals surface area contributed by atoms with Gasteiger partial charge in [0.25, 0.3) is 11.1 Å². The molecule has 0 aliphatic carbocycles. The zero-order chi connectivity index (χ0) is 20.2. The van der Waals surface area contributed by atoms with Gasteiger partial charge in [-0.05, 0) is 29.7 Å². The molecule has 1 N–H and O–H groups in total. The number of benzene rings is 2. The van der Waals surface area contributed by atoms with Crippen LogP contribution in [0, 0.1) is 0 Å². The molecule has 2 aromatic carbocycles. The number of rotatable bonds is 6. The molecule has 0 saturated heterocycles. The van der Waals surface area contributed by atoms with E-state index >= 15 is 0 Å². The molecule has 0 radical (unpaired) electrons. The second-order valence-corrected chi connectivity index (χ2v) is 7.78. The lowest BCUT2D eigenvalue weighted by molar-refractivity contribution is -0.113. The van der Waals surface area contributed by atoms with E-state index in [1.807, 2.05) is 48.5 Å². The van der Waals surface area contributed by atoms with Gasteiger partial charge in [-0.1, -0.05) is 55.9 Å². The zero-order valence-corrected chi connectivity index (χ0v) is 16.9. The van der Waals surface area contributed by atoms with Crippen molar-refractivity contribution in [2.75, 3.05) is 17.7 Å². The van der Waals surface area contributed by atoms with Crippen LogP contribution in [0.25, 0.3) is 0 Å². The SMILES string of the molecule is CC(C)c1ccccc1NC(=O)CSc1nnc([C@H]2COc3ccccc3O2)o1.